The Bertz CT molecular complexity index is 712. The van der Waals surface area contributed by atoms with E-state index in [1.807, 2.05) is 68.4 Å². The maximum atomic E-state index is 12.6. The second kappa shape index (κ2) is 6.56. The van der Waals surface area contributed by atoms with Crippen molar-refractivity contribution in [2.24, 2.45) is 0 Å². The van der Waals surface area contributed by atoms with E-state index in [4.69, 9.17) is 9.47 Å². The van der Waals surface area contributed by atoms with Gasteiger partial charge in [0.2, 0.25) is 0 Å². The first-order valence-corrected chi connectivity index (χ1v) is 8.25. The Morgan fingerprint density at radius 3 is 2.58 bits per heavy atom. The van der Waals surface area contributed by atoms with Crippen LogP contribution in [-0.2, 0) is 4.79 Å². The lowest BCUT2D eigenvalue weighted by molar-refractivity contribution is -0.128. The molecule has 2 aromatic rings. The SMILES string of the molecule is C[C@H](Oc1ccccc1)C(=O)N[C@@H]1CC(C)(C)Oc2ccccc21. The quantitative estimate of drug-likeness (QED) is 0.928. The van der Waals surface area contributed by atoms with Crippen molar-refractivity contribution in [3.05, 3.63) is 60.2 Å². The van der Waals surface area contributed by atoms with E-state index >= 15 is 0 Å². The van der Waals surface area contributed by atoms with Gasteiger partial charge in [-0.2, -0.15) is 0 Å². The molecule has 0 spiro atoms. The van der Waals surface area contributed by atoms with E-state index in [1.54, 1.807) is 6.92 Å². The summed E-state index contributed by atoms with van der Waals surface area (Å²) in [6.45, 7) is 5.83. The number of para-hydroxylation sites is 2. The molecule has 1 amide bonds. The van der Waals surface area contributed by atoms with Crippen molar-refractivity contribution < 1.29 is 14.3 Å². The summed E-state index contributed by atoms with van der Waals surface area (Å²) in [5.41, 5.74) is 0.688. The van der Waals surface area contributed by atoms with Crippen molar-refractivity contribution in [3.8, 4) is 11.5 Å². The van der Waals surface area contributed by atoms with E-state index in [9.17, 15) is 4.79 Å². The maximum Gasteiger partial charge on any atom is 0.261 e. The molecular weight excluding hydrogens is 302 g/mol. The first-order chi connectivity index (χ1) is 11.4. The zero-order chi connectivity index (χ0) is 17.2. The summed E-state index contributed by atoms with van der Waals surface area (Å²) in [7, 11) is 0. The molecule has 0 bridgehead atoms. The van der Waals surface area contributed by atoms with Crippen molar-refractivity contribution in [1.82, 2.24) is 5.32 Å². The lowest BCUT2D eigenvalue weighted by atomic mass is 9.89. The second-order valence-electron chi connectivity index (χ2n) is 6.74. The highest BCUT2D eigenvalue weighted by molar-refractivity contribution is 5.81. The molecular formula is C20H23NO3. The molecule has 2 atom stereocenters. The lowest BCUT2D eigenvalue weighted by Crippen LogP contribution is -2.44. The Labute approximate surface area is 142 Å². The van der Waals surface area contributed by atoms with Crippen LogP contribution in [0.25, 0.3) is 0 Å². The highest BCUT2D eigenvalue weighted by atomic mass is 16.5. The predicted octanol–water partition coefficient (Wildman–Crippen LogP) is 3.87. The number of hydrogen-bond acceptors (Lipinski definition) is 3. The Morgan fingerprint density at radius 2 is 1.83 bits per heavy atom. The Hall–Kier alpha value is -2.49. The van der Waals surface area contributed by atoms with Crippen molar-refractivity contribution in [2.45, 2.75) is 44.9 Å². The van der Waals surface area contributed by atoms with Gasteiger partial charge in [0.1, 0.15) is 17.1 Å². The largest absolute Gasteiger partial charge is 0.487 e. The second-order valence-corrected chi connectivity index (χ2v) is 6.74. The number of hydrogen-bond donors (Lipinski definition) is 1. The van der Waals surface area contributed by atoms with Gasteiger partial charge in [0, 0.05) is 12.0 Å². The van der Waals surface area contributed by atoms with Crippen LogP contribution in [0.4, 0.5) is 0 Å². The predicted molar refractivity (Wildman–Crippen MR) is 93.2 cm³/mol. The third-order valence-electron chi connectivity index (χ3n) is 4.12. The van der Waals surface area contributed by atoms with Gasteiger partial charge in [0.05, 0.1) is 6.04 Å². The van der Waals surface area contributed by atoms with Gasteiger partial charge in [-0.05, 0) is 39.0 Å². The number of carbonyl (C=O) groups excluding carboxylic acids is 1. The van der Waals surface area contributed by atoms with Crippen LogP contribution in [0.2, 0.25) is 0 Å². The average molecular weight is 325 g/mol. The summed E-state index contributed by atoms with van der Waals surface area (Å²) < 4.78 is 11.7. The minimum Gasteiger partial charge on any atom is -0.487 e. The van der Waals surface area contributed by atoms with Crippen LogP contribution in [0.15, 0.2) is 54.6 Å². The van der Waals surface area contributed by atoms with Crippen LogP contribution in [0.3, 0.4) is 0 Å². The van der Waals surface area contributed by atoms with Crippen molar-refractivity contribution >= 4 is 5.91 Å². The lowest BCUT2D eigenvalue weighted by Gasteiger charge is -2.38. The normalized spacial score (nSPS) is 19.5. The molecule has 0 saturated carbocycles. The van der Waals surface area contributed by atoms with Crippen LogP contribution in [0.5, 0.6) is 11.5 Å². The molecule has 24 heavy (non-hydrogen) atoms. The Kier molecular flexibility index (Phi) is 4.47. The average Bonchev–Trinajstić information content (AvgIpc) is 2.54. The van der Waals surface area contributed by atoms with E-state index in [0.29, 0.717) is 12.2 Å². The molecule has 0 saturated heterocycles. The molecule has 126 valence electrons. The van der Waals surface area contributed by atoms with Crippen molar-refractivity contribution in [1.29, 1.82) is 0 Å². The van der Waals surface area contributed by atoms with Gasteiger partial charge in [-0.1, -0.05) is 36.4 Å². The molecule has 1 aliphatic rings. The third kappa shape index (κ3) is 3.70. The van der Waals surface area contributed by atoms with E-state index in [1.165, 1.54) is 0 Å². The monoisotopic (exact) mass is 325 g/mol. The van der Waals surface area contributed by atoms with Crippen molar-refractivity contribution in [3.63, 3.8) is 0 Å². The molecule has 0 fully saturated rings. The number of rotatable bonds is 4. The first-order valence-electron chi connectivity index (χ1n) is 8.25. The van der Waals surface area contributed by atoms with Crippen LogP contribution >= 0.6 is 0 Å². The Balaban J connectivity index is 1.72. The summed E-state index contributed by atoms with van der Waals surface area (Å²) in [5.74, 6) is 1.39. The van der Waals surface area contributed by atoms with Gasteiger partial charge in [-0.15, -0.1) is 0 Å². The van der Waals surface area contributed by atoms with Crippen molar-refractivity contribution in [2.75, 3.05) is 0 Å². The van der Waals surface area contributed by atoms with Crippen LogP contribution in [0.1, 0.15) is 38.8 Å². The number of carbonyl (C=O) groups is 1. The van der Waals surface area contributed by atoms with Gasteiger partial charge in [-0.25, -0.2) is 0 Å². The molecule has 1 aliphatic heterocycles. The van der Waals surface area contributed by atoms with E-state index in [-0.39, 0.29) is 17.6 Å². The number of ether oxygens (including phenoxy) is 2. The molecule has 1 N–H and O–H groups in total. The fourth-order valence-corrected chi connectivity index (χ4v) is 2.98. The standard InChI is InChI=1S/C20H23NO3/c1-14(23-15-9-5-4-6-10-15)19(22)21-17-13-20(2,3)24-18-12-8-7-11-16(17)18/h4-12,14,17H,13H2,1-3H3,(H,21,22)/t14-,17+/m0/s1. The summed E-state index contributed by atoms with van der Waals surface area (Å²) in [6.07, 6.45) is 0.152. The number of nitrogens with one attached hydrogen (secondary N) is 1. The fraction of sp³-hybridized carbons (Fsp3) is 0.350. The van der Waals surface area contributed by atoms with Crippen LogP contribution in [-0.4, -0.2) is 17.6 Å². The molecule has 0 radical (unpaired) electrons. The minimum atomic E-state index is -0.564. The summed E-state index contributed by atoms with van der Waals surface area (Å²) >= 11 is 0. The maximum absolute atomic E-state index is 12.6. The van der Waals surface area contributed by atoms with Gasteiger partial charge < -0.3 is 14.8 Å². The van der Waals surface area contributed by atoms with E-state index in [2.05, 4.69) is 5.32 Å². The zero-order valence-corrected chi connectivity index (χ0v) is 14.3. The van der Waals surface area contributed by atoms with Gasteiger partial charge in [0.15, 0.2) is 6.10 Å². The summed E-state index contributed by atoms with van der Waals surface area (Å²) in [5, 5.41) is 3.11. The molecule has 1 heterocycles. The number of fused-ring (bicyclic) bond motifs is 1. The highest BCUT2D eigenvalue weighted by Crippen LogP contribution is 2.39. The molecule has 4 heteroatoms. The van der Waals surface area contributed by atoms with Gasteiger partial charge in [0.25, 0.3) is 5.91 Å². The Morgan fingerprint density at radius 1 is 1.17 bits per heavy atom. The highest BCUT2D eigenvalue weighted by Gasteiger charge is 2.35. The third-order valence-corrected chi connectivity index (χ3v) is 4.12. The smallest absolute Gasteiger partial charge is 0.261 e. The van der Waals surface area contributed by atoms with E-state index in [0.717, 1.165) is 11.3 Å². The number of amides is 1. The van der Waals surface area contributed by atoms with E-state index < -0.39 is 6.10 Å². The molecule has 4 nitrogen and oxygen atoms in total. The summed E-state index contributed by atoms with van der Waals surface area (Å²) in [4.78, 5) is 12.6. The minimum absolute atomic E-state index is 0.0840. The first kappa shape index (κ1) is 16.4. The van der Waals surface area contributed by atoms with Gasteiger partial charge >= 0.3 is 0 Å². The van der Waals surface area contributed by atoms with Crippen LogP contribution in [0, 0.1) is 0 Å². The molecule has 0 unspecified atom stereocenters. The number of benzene rings is 2. The fourth-order valence-electron chi connectivity index (χ4n) is 2.98. The molecule has 3 rings (SSSR count). The summed E-state index contributed by atoms with van der Waals surface area (Å²) in [6, 6.07) is 17.1. The molecule has 0 aromatic heterocycles. The van der Waals surface area contributed by atoms with Crippen LogP contribution < -0.4 is 14.8 Å². The molecule has 0 aliphatic carbocycles. The zero-order valence-electron chi connectivity index (χ0n) is 14.3. The molecule has 2 aromatic carbocycles. The van der Waals surface area contributed by atoms with Gasteiger partial charge in [-0.3, -0.25) is 4.79 Å². The topological polar surface area (TPSA) is 47.6 Å².